The van der Waals surface area contributed by atoms with E-state index in [0.717, 1.165) is 9.75 Å². The highest BCUT2D eigenvalue weighted by Crippen LogP contribution is 2.31. The number of anilines is 1. The Balaban J connectivity index is 1.58. The highest BCUT2D eigenvalue weighted by Gasteiger charge is 2.32. The number of benzene rings is 1. The minimum absolute atomic E-state index is 0.237. The summed E-state index contributed by atoms with van der Waals surface area (Å²) < 4.78 is 11.0. The van der Waals surface area contributed by atoms with Gasteiger partial charge < -0.3 is 14.1 Å². The number of hydrogen-bond acceptors (Lipinski definition) is 5. The first-order valence-electron chi connectivity index (χ1n) is 9.02. The number of furan rings is 1. The topological polar surface area (TPSA) is 63.0 Å². The van der Waals surface area contributed by atoms with E-state index in [1.807, 2.05) is 31.2 Å². The Hall–Kier alpha value is -3.06. The molecule has 3 heterocycles. The fraction of sp³-hybridized carbons (Fsp3) is 0.238. The molecule has 0 saturated carbocycles. The highest BCUT2D eigenvalue weighted by molar-refractivity contribution is 7.11. The molecule has 0 N–H and O–H groups in total. The van der Waals surface area contributed by atoms with Crippen LogP contribution in [0.2, 0.25) is 0 Å². The zero-order chi connectivity index (χ0) is 19.5. The van der Waals surface area contributed by atoms with Crippen molar-refractivity contribution in [1.29, 1.82) is 0 Å². The van der Waals surface area contributed by atoms with Crippen LogP contribution in [0.5, 0.6) is 5.75 Å². The third-order valence-corrected chi connectivity index (χ3v) is 5.50. The van der Waals surface area contributed by atoms with E-state index in [1.54, 1.807) is 41.9 Å². The maximum Gasteiger partial charge on any atom is 0.316 e. The van der Waals surface area contributed by atoms with Gasteiger partial charge in [0.2, 0.25) is 0 Å². The van der Waals surface area contributed by atoms with Gasteiger partial charge in [-0.25, -0.2) is 0 Å². The molecule has 4 rings (SSSR count). The van der Waals surface area contributed by atoms with Crippen molar-refractivity contribution in [2.75, 3.05) is 18.1 Å². The van der Waals surface area contributed by atoms with Crippen LogP contribution in [0.15, 0.2) is 59.2 Å². The van der Waals surface area contributed by atoms with Gasteiger partial charge in [-0.15, -0.1) is 11.3 Å². The van der Waals surface area contributed by atoms with Gasteiger partial charge in [-0.2, -0.15) is 0 Å². The Morgan fingerprint density at radius 3 is 2.71 bits per heavy atom. The van der Waals surface area contributed by atoms with Crippen LogP contribution in [0.1, 0.15) is 15.5 Å². The van der Waals surface area contributed by atoms with Crippen LogP contribution in [-0.2, 0) is 22.7 Å². The van der Waals surface area contributed by atoms with Crippen molar-refractivity contribution < 1.29 is 18.7 Å². The fourth-order valence-electron chi connectivity index (χ4n) is 3.18. The predicted molar refractivity (Wildman–Crippen MR) is 106 cm³/mol. The van der Waals surface area contributed by atoms with Crippen molar-refractivity contribution in [1.82, 2.24) is 4.90 Å². The molecule has 0 radical (unpaired) electrons. The molecule has 1 aliphatic heterocycles. The maximum absolute atomic E-state index is 13.1. The number of carbonyl (C=O) groups is 2. The molecule has 0 bridgehead atoms. The Labute approximate surface area is 166 Å². The molecular weight excluding hydrogens is 376 g/mol. The maximum atomic E-state index is 13.1. The normalized spacial score (nSPS) is 13.0. The van der Waals surface area contributed by atoms with Gasteiger partial charge in [0.05, 0.1) is 31.6 Å². The van der Waals surface area contributed by atoms with E-state index >= 15 is 0 Å². The van der Waals surface area contributed by atoms with Gasteiger partial charge in [-0.05, 0) is 43.3 Å². The molecule has 1 aromatic carbocycles. The predicted octanol–water partition coefficient (Wildman–Crippen LogP) is 3.60. The lowest BCUT2D eigenvalue weighted by molar-refractivity contribution is -0.145. The number of ether oxygens (including phenoxy) is 1. The number of aryl methyl sites for hydroxylation is 1. The number of thiophene rings is 1. The van der Waals surface area contributed by atoms with Crippen LogP contribution in [0.3, 0.4) is 0 Å². The van der Waals surface area contributed by atoms with Crippen molar-refractivity contribution in [3.8, 4) is 5.75 Å². The van der Waals surface area contributed by atoms with E-state index in [0.29, 0.717) is 36.9 Å². The third-order valence-electron chi connectivity index (χ3n) is 4.51. The molecule has 7 heteroatoms. The second kappa shape index (κ2) is 7.90. The zero-order valence-electron chi connectivity index (χ0n) is 15.5. The molecule has 6 nitrogen and oxygen atoms in total. The molecule has 2 amide bonds. The molecule has 0 spiro atoms. The third kappa shape index (κ3) is 3.80. The highest BCUT2D eigenvalue weighted by atomic mass is 32.1. The SMILES string of the molecule is Cc1ccc(CN(Cc2ccco2)C(=O)C(=O)N2CCOc3ccccc32)s1. The van der Waals surface area contributed by atoms with Crippen molar-refractivity contribution in [2.24, 2.45) is 0 Å². The summed E-state index contributed by atoms with van der Waals surface area (Å²) in [6, 6.07) is 14.8. The van der Waals surface area contributed by atoms with Crippen molar-refractivity contribution in [3.63, 3.8) is 0 Å². The van der Waals surface area contributed by atoms with Crippen LogP contribution in [0.4, 0.5) is 5.69 Å². The second-order valence-electron chi connectivity index (χ2n) is 6.53. The minimum atomic E-state index is -0.560. The average Bonchev–Trinajstić information content (AvgIpc) is 3.37. The summed E-state index contributed by atoms with van der Waals surface area (Å²) in [6.07, 6.45) is 1.56. The average molecular weight is 396 g/mol. The van der Waals surface area contributed by atoms with Gasteiger partial charge in [-0.3, -0.25) is 14.5 Å². The Morgan fingerprint density at radius 2 is 1.96 bits per heavy atom. The summed E-state index contributed by atoms with van der Waals surface area (Å²) >= 11 is 1.61. The lowest BCUT2D eigenvalue weighted by atomic mass is 10.2. The number of fused-ring (bicyclic) bond motifs is 1. The zero-order valence-corrected chi connectivity index (χ0v) is 16.3. The number of rotatable bonds is 4. The monoisotopic (exact) mass is 396 g/mol. The van der Waals surface area contributed by atoms with E-state index < -0.39 is 11.8 Å². The molecule has 0 saturated heterocycles. The molecule has 0 aliphatic carbocycles. The quantitative estimate of drug-likeness (QED) is 0.632. The molecule has 0 atom stereocenters. The number of nitrogens with zero attached hydrogens (tertiary/aromatic N) is 2. The van der Waals surface area contributed by atoms with Gasteiger partial charge in [0.1, 0.15) is 18.1 Å². The molecule has 144 valence electrons. The van der Waals surface area contributed by atoms with Crippen molar-refractivity contribution >= 4 is 28.8 Å². The van der Waals surface area contributed by atoms with E-state index in [4.69, 9.17) is 9.15 Å². The second-order valence-corrected chi connectivity index (χ2v) is 7.90. The number of para-hydroxylation sites is 2. The number of amides is 2. The lowest BCUT2D eigenvalue weighted by Gasteiger charge is -2.30. The van der Waals surface area contributed by atoms with Gasteiger partial charge in [0, 0.05) is 9.75 Å². The van der Waals surface area contributed by atoms with Crippen LogP contribution in [0, 0.1) is 6.92 Å². The first kappa shape index (κ1) is 18.3. The minimum Gasteiger partial charge on any atom is -0.490 e. The van der Waals surface area contributed by atoms with Crippen LogP contribution < -0.4 is 9.64 Å². The Morgan fingerprint density at radius 1 is 1.11 bits per heavy atom. The summed E-state index contributed by atoms with van der Waals surface area (Å²) in [5.74, 6) is 0.132. The van der Waals surface area contributed by atoms with E-state index in [1.165, 1.54) is 9.80 Å². The van der Waals surface area contributed by atoms with E-state index in [2.05, 4.69) is 0 Å². The summed E-state index contributed by atoms with van der Waals surface area (Å²) in [6.45, 7) is 3.31. The summed E-state index contributed by atoms with van der Waals surface area (Å²) in [5, 5.41) is 0. The molecule has 28 heavy (non-hydrogen) atoms. The van der Waals surface area contributed by atoms with E-state index in [-0.39, 0.29) is 6.54 Å². The van der Waals surface area contributed by atoms with E-state index in [9.17, 15) is 9.59 Å². The molecule has 2 aromatic heterocycles. The van der Waals surface area contributed by atoms with Gasteiger partial charge in [0.25, 0.3) is 0 Å². The molecule has 0 unspecified atom stereocenters. The number of hydrogen-bond donors (Lipinski definition) is 0. The summed E-state index contributed by atoms with van der Waals surface area (Å²) in [4.78, 5) is 31.4. The Kier molecular flexibility index (Phi) is 5.16. The first-order valence-corrected chi connectivity index (χ1v) is 9.84. The lowest BCUT2D eigenvalue weighted by Crippen LogP contribution is -2.47. The van der Waals surface area contributed by atoms with Crippen LogP contribution in [0.25, 0.3) is 0 Å². The first-order chi connectivity index (χ1) is 13.6. The molecular formula is C21H20N2O4S. The van der Waals surface area contributed by atoms with Crippen LogP contribution >= 0.6 is 11.3 Å². The van der Waals surface area contributed by atoms with Gasteiger partial charge >= 0.3 is 11.8 Å². The summed E-state index contributed by atoms with van der Waals surface area (Å²) in [7, 11) is 0. The van der Waals surface area contributed by atoms with Gasteiger partial charge in [-0.1, -0.05) is 12.1 Å². The smallest absolute Gasteiger partial charge is 0.316 e. The molecule has 3 aromatic rings. The standard InChI is InChI=1S/C21H20N2O4S/c1-15-8-9-17(28-15)14-22(13-16-5-4-11-26-16)20(24)21(25)23-10-12-27-19-7-3-2-6-18(19)23/h2-9,11H,10,12-14H2,1H3. The van der Waals surface area contributed by atoms with Crippen molar-refractivity contribution in [3.05, 3.63) is 70.3 Å². The number of carbonyl (C=O) groups excluding carboxylic acids is 2. The molecule has 1 aliphatic rings. The van der Waals surface area contributed by atoms with Crippen molar-refractivity contribution in [2.45, 2.75) is 20.0 Å². The largest absolute Gasteiger partial charge is 0.490 e. The van der Waals surface area contributed by atoms with Crippen LogP contribution in [-0.4, -0.2) is 29.9 Å². The Bertz CT molecular complexity index is 980. The fourth-order valence-corrected chi connectivity index (χ4v) is 4.09. The van der Waals surface area contributed by atoms with Gasteiger partial charge in [0.15, 0.2) is 0 Å². The summed E-state index contributed by atoms with van der Waals surface area (Å²) in [5.41, 5.74) is 0.622. The molecule has 0 fully saturated rings.